The summed E-state index contributed by atoms with van der Waals surface area (Å²) in [7, 11) is 1.66. The van der Waals surface area contributed by atoms with Crippen molar-refractivity contribution >= 4 is 23.2 Å². The summed E-state index contributed by atoms with van der Waals surface area (Å²) in [5.74, 6) is 1.03. The molecule has 2 heterocycles. The molecule has 0 saturated heterocycles. The summed E-state index contributed by atoms with van der Waals surface area (Å²) >= 11 is 1.74. The Kier molecular flexibility index (Phi) is 7.48. The van der Waals surface area contributed by atoms with E-state index in [-0.39, 0.29) is 30.3 Å². The zero-order valence-corrected chi connectivity index (χ0v) is 19.7. The van der Waals surface area contributed by atoms with E-state index in [2.05, 4.69) is 11.4 Å². The number of ether oxygens (including phenoxy) is 2. The van der Waals surface area contributed by atoms with Gasteiger partial charge in [-0.15, -0.1) is 11.3 Å². The molecule has 1 aliphatic heterocycles. The van der Waals surface area contributed by atoms with Gasteiger partial charge in [-0.3, -0.25) is 9.59 Å². The highest BCUT2D eigenvalue weighted by Gasteiger charge is 2.37. The first kappa shape index (κ1) is 22.8. The fourth-order valence-electron chi connectivity index (χ4n) is 4.27. The molecule has 0 bridgehead atoms. The molecular formula is C25H32N2O4S. The van der Waals surface area contributed by atoms with E-state index < -0.39 is 0 Å². The Hall–Kier alpha value is -2.38. The highest BCUT2D eigenvalue weighted by atomic mass is 32.1. The van der Waals surface area contributed by atoms with Gasteiger partial charge in [0.25, 0.3) is 0 Å². The Morgan fingerprint density at radius 3 is 2.78 bits per heavy atom. The molecule has 172 valence electrons. The highest BCUT2D eigenvalue weighted by molar-refractivity contribution is 7.10. The third-order valence-corrected chi connectivity index (χ3v) is 7.24. The van der Waals surface area contributed by atoms with Crippen LogP contribution in [-0.2, 0) is 20.7 Å². The van der Waals surface area contributed by atoms with Gasteiger partial charge in [-0.1, -0.05) is 18.2 Å². The van der Waals surface area contributed by atoms with Crippen molar-refractivity contribution in [1.29, 1.82) is 0 Å². The van der Waals surface area contributed by atoms with Gasteiger partial charge in [0.1, 0.15) is 12.4 Å². The minimum atomic E-state index is -0.144. The maximum absolute atomic E-state index is 13.5. The highest BCUT2D eigenvalue weighted by Crippen LogP contribution is 2.35. The lowest BCUT2D eigenvalue weighted by molar-refractivity contribution is -0.143. The molecule has 0 N–H and O–H groups in total. The van der Waals surface area contributed by atoms with Gasteiger partial charge in [-0.2, -0.15) is 0 Å². The maximum Gasteiger partial charge on any atom is 0.242 e. The second-order valence-electron chi connectivity index (χ2n) is 8.61. The van der Waals surface area contributed by atoms with Crippen molar-refractivity contribution in [2.24, 2.45) is 5.92 Å². The first-order chi connectivity index (χ1) is 15.6. The topological polar surface area (TPSA) is 59.1 Å². The molecule has 4 rings (SSSR count). The van der Waals surface area contributed by atoms with E-state index in [4.69, 9.17) is 9.47 Å². The predicted octanol–water partition coefficient (Wildman–Crippen LogP) is 3.84. The number of thiophene rings is 1. The van der Waals surface area contributed by atoms with E-state index in [9.17, 15) is 9.59 Å². The first-order valence-electron chi connectivity index (χ1n) is 11.4. The number of aryl methyl sites for hydroxylation is 1. The van der Waals surface area contributed by atoms with Gasteiger partial charge in [0, 0.05) is 37.6 Å². The van der Waals surface area contributed by atoms with Crippen LogP contribution in [0.1, 0.15) is 41.3 Å². The van der Waals surface area contributed by atoms with Crippen LogP contribution in [0.3, 0.4) is 0 Å². The monoisotopic (exact) mass is 456 g/mol. The molecular weight excluding hydrogens is 424 g/mol. The van der Waals surface area contributed by atoms with Crippen LogP contribution in [0, 0.1) is 12.8 Å². The second-order valence-corrected chi connectivity index (χ2v) is 9.61. The summed E-state index contributed by atoms with van der Waals surface area (Å²) in [6, 6.07) is 9.90. The van der Waals surface area contributed by atoms with Crippen LogP contribution in [-0.4, -0.2) is 61.6 Å². The van der Waals surface area contributed by atoms with Crippen LogP contribution in [0.4, 0.5) is 0 Å². The number of amides is 2. The predicted molar refractivity (Wildman–Crippen MR) is 125 cm³/mol. The Balaban J connectivity index is 1.48. The smallest absolute Gasteiger partial charge is 0.242 e. The maximum atomic E-state index is 13.5. The molecule has 1 aromatic carbocycles. The number of carbonyl (C=O) groups excluding carboxylic acids is 2. The molecule has 1 aliphatic carbocycles. The Bertz CT molecular complexity index is 940. The van der Waals surface area contributed by atoms with E-state index in [0.29, 0.717) is 26.3 Å². The number of para-hydroxylation sites is 1. The van der Waals surface area contributed by atoms with Gasteiger partial charge in [0.05, 0.1) is 12.6 Å². The molecule has 2 aromatic rings. The van der Waals surface area contributed by atoms with Crippen LogP contribution >= 0.6 is 11.3 Å². The van der Waals surface area contributed by atoms with Crippen molar-refractivity contribution < 1.29 is 19.1 Å². The number of benzene rings is 1. The lowest BCUT2D eigenvalue weighted by atomic mass is 10.00. The molecule has 0 spiro atoms. The molecule has 0 unspecified atom stereocenters. The minimum absolute atomic E-state index is 0.00773. The molecule has 1 saturated carbocycles. The normalized spacial score (nSPS) is 17.7. The number of methoxy groups -OCH3 is 1. The third-order valence-electron chi connectivity index (χ3n) is 6.25. The lowest BCUT2D eigenvalue weighted by Crippen LogP contribution is -2.48. The molecule has 2 aliphatic rings. The lowest BCUT2D eigenvalue weighted by Gasteiger charge is -2.37. The van der Waals surface area contributed by atoms with Gasteiger partial charge in [-0.05, 0) is 61.2 Å². The van der Waals surface area contributed by atoms with Gasteiger partial charge in [0.2, 0.25) is 11.8 Å². The van der Waals surface area contributed by atoms with Gasteiger partial charge in [0.15, 0.2) is 0 Å². The van der Waals surface area contributed by atoms with Crippen molar-refractivity contribution in [3.05, 3.63) is 51.7 Å². The summed E-state index contributed by atoms with van der Waals surface area (Å²) in [5.41, 5.74) is 2.24. The quantitative estimate of drug-likeness (QED) is 0.510. The Morgan fingerprint density at radius 1 is 1.22 bits per heavy atom. The number of fused-ring (bicyclic) bond motifs is 1. The number of rotatable bonds is 10. The summed E-state index contributed by atoms with van der Waals surface area (Å²) in [5, 5.41) is 2.09. The number of hydrogen-bond acceptors (Lipinski definition) is 5. The Labute approximate surface area is 194 Å². The zero-order valence-electron chi connectivity index (χ0n) is 18.9. The average Bonchev–Trinajstić information content (AvgIpc) is 3.54. The standard InChI is InChI=1S/C25H32N2O4S/c1-18-6-3-4-7-22(18)31-17-21-20-11-15-32-23(20)10-13-27(21)24(28)16-26(12-5-14-30-2)25(29)19-8-9-19/h3-4,6-7,11,15,19,21H,5,8-10,12-14,16-17H2,1-2H3/t21-/m1/s1. The van der Waals surface area contributed by atoms with Crippen molar-refractivity contribution in [2.45, 2.75) is 38.6 Å². The zero-order chi connectivity index (χ0) is 22.5. The van der Waals surface area contributed by atoms with E-state index in [0.717, 1.165) is 37.0 Å². The fourth-order valence-corrected chi connectivity index (χ4v) is 5.20. The number of hydrogen-bond donors (Lipinski definition) is 0. The van der Waals surface area contributed by atoms with Crippen LogP contribution < -0.4 is 4.74 Å². The molecule has 1 aromatic heterocycles. The van der Waals surface area contributed by atoms with Crippen LogP contribution in [0.5, 0.6) is 5.75 Å². The van der Waals surface area contributed by atoms with E-state index in [1.54, 1.807) is 23.3 Å². The summed E-state index contributed by atoms with van der Waals surface area (Å²) in [6.07, 6.45) is 3.45. The van der Waals surface area contributed by atoms with Crippen molar-refractivity contribution in [2.75, 3.05) is 40.0 Å². The van der Waals surface area contributed by atoms with E-state index in [1.165, 1.54) is 10.4 Å². The SMILES string of the molecule is COCCCN(CC(=O)N1CCc2sccc2[C@H]1COc1ccccc1C)C(=O)C1CC1. The minimum Gasteiger partial charge on any atom is -0.491 e. The summed E-state index contributed by atoms with van der Waals surface area (Å²) < 4.78 is 11.3. The third kappa shape index (κ3) is 5.33. The van der Waals surface area contributed by atoms with Gasteiger partial charge >= 0.3 is 0 Å². The largest absolute Gasteiger partial charge is 0.491 e. The molecule has 32 heavy (non-hydrogen) atoms. The molecule has 2 amide bonds. The van der Waals surface area contributed by atoms with Crippen LogP contribution in [0.25, 0.3) is 0 Å². The van der Waals surface area contributed by atoms with E-state index in [1.807, 2.05) is 36.1 Å². The molecule has 1 atom stereocenters. The van der Waals surface area contributed by atoms with Crippen molar-refractivity contribution in [1.82, 2.24) is 9.80 Å². The van der Waals surface area contributed by atoms with Crippen LogP contribution in [0.2, 0.25) is 0 Å². The van der Waals surface area contributed by atoms with E-state index >= 15 is 0 Å². The number of nitrogens with zero attached hydrogens (tertiary/aromatic N) is 2. The second kappa shape index (κ2) is 10.5. The first-order valence-corrected chi connectivity index (χ1v) is 12.3. The molecule has 0 radical (unpaired) electrons. The van der Waals surface area contributed by atoms with Gasteiger partial charge < -0.3 is 19.3 Å². The Morgan fingerprint density at radius 2 is 2.03 bits per heavy atom. The summed E-state index contributed by atoms with van der Waals surface area (Å²) in [4.78, 5) is 31.2. The van der Waals surface area contributed by atoms with Gasteiger partial charge in [-0.25, -0.2) is 0 Å². The average molecular weight is 457 g/mol. The van der Waals surface area contributed by atoms with Crippen molar-refractivity contribution in [3.63, 3.8) is 0 Å². The fraction of sp³-hybridized carbons (Fsp3) is 0.520. The molecule has 6 nitrogen and oxygen atoms in total. The molecule has 7 heteroatoms. The van der Waals surface area contributed by atoms with Crippen molar-refractivity contribution in [3.8, 4) is 5.75 Å². The molecule has 1 fully saturated rings. The van der Waals surface area contributed by atoms with Crippen LogP contribution in [0.15, 0.2) is 35.7 Å². The number of carbonyl (C=O) groups is 2. The summed E-state index contributed by atoms with van der Waals surface area (Å²) in [6.45, 7) is 4.34.